The van der Waals surface area contributed by atoms with Crippen molar-refractivity contribution in [3.63, 3.8) is 0 Å². The SMILES string of the molecule is CCC(N)C(Sc1nc2ccccc2s1)c1ccc(C)s1. The zero-order valence-electron chi connectivity index (χ0n) is 12.1. The summed E-state index contributed by atoms with van der Waals surface area (Å²) in [6.45, 7) is 4.29. The van der Waals surface area contributed by atoms with Crippen LogP contribution in [-0.4, -0.2) is 11.0 Å². The molecule has 2 nitrogen and oxygen atoms in total. The van der Waals surface area contributed by atoms with Gasteiger partial charge in [-0.3, -0.25) is 0 Å². The number of thioether (sulfide) groups is 1. The topological polar surface area (TPSA) is 38.9 Å². The molecule has 0 saturated heterocycles. The standard InChI is InChI=1S/C16H18N2S3/c1-3-11(17)15(14-9-8-10(2)19-14)21-16-18-12-6-4-5-7-13(12)20-16/h4-9,11,15H,3,17H2,1-2H3. The summed E-state index contributed by atoms with van der Waals surface area (Å²) in [4.78, 5) is 7.42. The van der Waals surface area contributed by atoms with E-state index in [4.69, 9.17) is 10.7 Å². The highest BCUT2D eigenvalue weighted by Gasteiger charge is 2.23. The van der Waals surface area contributed by atoms with Crippen molar-refractivity contribution in [2.45, 2.75) is 35.9 Å². The van der Waals surface area contributed by atoms with Crippen molar-refractivity contribution in [2.75, 3.05) is 0 Å². The number of thiazole rings is 1. The summed E-state index contributed by atoms with van der Waals surface area (Å²) in [6.07, 6.45) is 0.972. The van der Waals surface area contributed by atoms with E-state index in [1.54, 1.807) is 23.1 Å². The van der Waals surface area contributed by atoms with Gasteiger partial charge in [-0.25, -0.2) is 4.98 Å². The van der Waals surface area contributed by atoms with Crippen molar-refractivity contribution in [1.82, 2.24) is 4.98 Å². The maximum atomic E-state index is 6.36. The molecule has 0 aliphatic rings. The lowest BCUT2D eigenvalue weighted by Crippen LogP contribution is -2.25. The van der Waals surface area contributed by atoms with Gasteiger partial charge in [0.15, 0.2) is 4.34 Å². The number of hydrogen-bond acceptors (Lipinski definition) is 5. The maximum absolute atomic E-state index is 6.36. The van der Waals surface area contributed by atoms with Crippen LogP contribution in [0.1, 0.15) is 28.3 Å². The molecule has 0 bridgehead atoms. The van der Waals surface area contributed by atoms with Crippen molar-refractivity contribution in [2.24, 2.45) is 5.73 Å². The molecule has 0 spiro atoms. The summed E-state index contributed by atoms with van der Waals surface area (Å²) in [7, 11) is 0. The zero-order valence-corrected chi connectivity index (χ0v) is 14.5. The average molecular weight is 335 g/mol. The van der Waals surface area contributed by atoms with Crippen molar-refractivity contribution in [1.29, 1.82) is 0 Å². The van der Waals surface area contributed by atoms with Gasteiger partial charge in [-0.2, -0.15) is 0 Å². The largest absolute Gasteiger partial charge is 0.326 e. The van der Waals surface area contributed by atoms with E-state index in [1.807, 2.05) is 17.4 Å². The second kappa shape index (κ2) is 6.48. The molecule has 0 aliphatic carbocycles. The van der Waals surface area contributed by atoms with Gasteiger partial charge in [0.2, 0.25) is 0 Å². The van der Waals surface area contributed by atoms with Crippen LogP contribution in [0.3, 0.4) is 0 Å². The monoisotopic (exact) mass is 334 g/mol. The van der Waals surface area contributed by atoms with Crippen LogP contribution in [0.15, 0.2) is 40.7 Å². The summed E-state index contributed by atoms with van der Waals surface area (Å²) in [5.74, 6) is 0. The lowest BCUT2D eigenvalue weighted by Gasteiger charge is -2.20. The number of nitrogens with zero attached hydrogens (tertiary/aromatic N) is 1. The van der Waals surface area contributed by atoms with Crippen LogP contribution in [0.5, 0.6) is 0 Å². The minimum atomic E-state index is 0.153. The van der Waals surface area contributed by atoms with Crippen molar-refractivity contribution in [3.05, 3.63) is 46.2 Å². The van der Waals surface area contributed by atoms with E-state index in [0.29, 0.717) is 0 Å². The van der Waals surface area contributed by atoms with E-state index >= 15 is 0 Å². The summed E-state index contributed by atoms with van der Waals surface area (Å²) in [6, 6.07) is 12.8. The summed E-state index contributed by atoms with van der Waals surface area (Å²) < 4.78 is 2.35. The second-order valence-corrected chi connectivity index (χ2v) is 8.75. The van der Waals surface area contributed by atoms with Crippen molar-refractivity contribution < 1.29 is 0 Å². The molecule has 0 radical (unpaired) electrons. The molecular weight excluding hydrogens is 316 g/mol. The fourth-order valence-electron chi connectivity index (χ4n) is 2.19. The number of nitrogens with two attached hydrogens (primary N) is 1. The maximum Gasteiger partial charge on any atom is 0.151 e. The third-order valence-corrected chi connectivity index (χ3v) is 7.16. The normalized spacial score (nSPS) is 14.4. The Morgan fingerprint density at radius 3 is 2.67 bits per heavy atom. The number of fused-ring (bicyclic) bond motifs is 1. The van der Waals surface area contributed by atoms with Crippen LogP contribution in [0, 0.1) is 6.92 Å². The summed E-state index contributed by atoms with van der Waals surface area (Å²) in [5.41, 5.74) is 7.44. The first kappa shape index (κ1) is 15.0. The highest BCUT2D eigenvalue weighted by molar-refractivity contribution is 8.01. The Morgan fingerprint density at radius 2 is 2.00 bits per heavy atom. The quantitative estimate of drug-likeness (QED) is 0.649. The number of rotatable bonds is 5. The van der Waals surface area contributed by atoms with Crippen LogP contribution in [0.25, 0.3) is 10.2 Å². The van der Waals surface area contributed by atoms with Crippen LogP contribution in [-0.2, 0) is 0 Å². The highest BCUT2D eigenvalue weighted by Crippen LogP contribution is 2.43. The lowest BCUT2D eigenvalue weighted by molar-refractivity contribution is 0.640. The van der Waals surface area contributed by atoms with Gasteiger partial charge >= 0.3 is 0 Å². The van der Waals surface area contributed by atoms with Gasteiger partial charge in [0.25, 0.3) is 0 Å². The van der Waals surface area contributed by atoms with Gasteiger partial charge in [0, 0.05) is 15.8 Å². The molecule has 2 N–H and O–H groups in total. The predicted molar refractivity (Wildman–Crippen MR) is 95.5 cm³/mol. The Balaban J connectivity index is 1.90. The fourth-order valence-corrected chi connectivity index (χ4v) is 5.81. The van der Waals surface area contributed by atoms with Gasteiger partial charge in [-0.1, -0.05) is 30.8 Å². The predicted octanol–water partition coefficient (Wildman–Crippen LogP) is 5.24. The molecule has 3 aromatic rings. The zero-order chi connectivity index (χ0) is 14.8. The minimum Gasteiger partial charge on any atom is -0.326 e. The molecule has 2 atom stereocenters. The second-order valence-electron chi connectivity index (χ2n) is 5.01. The van der Waals surface area contributed by atoms with E-state index in [1.165, 1.54) is 14.5 Å². The Labute approximate surface area is 137 Å². The van der Waals surface area contributed by atoms with Gasteiger partial charge < -0.3 is 5.73 Å². The van der Waals surface area contributed by atoms with E-state index in [0.717, 1.165) is 16.3 Å². The van der Waals surface area contributed by atoms with Crippen LogP contribution in [0.4, 0.5) is 0 Å². The van der Waals surface area contributed by atoms with Gasteiger partial charge in [-0.05, 0) is 37.6 Å². The average Bonchev–Trinajstić information content (AvgIpc) is 3.09. The molecule has 1 aromatic carbocycles. The Kier molecular flexibility index (Phi) is 4.64. The van der Waals surface area contributed by atoms with Gasteiger partial charge in [0.1, 0.15) is 0 Å². The first-order valence-corrected chi connectivity index (χ1v) is 9.52. The fraction of sp³-hybridized carbons (Fsp3) is 0.312. The molecule has 21 heavy (non-hydrogen) atoms. The van der Waals surface area contributed by atoms with E-state index in [2.05, 4.69) is 44.2 Å². The summed E-state index contributed by atoms with van der Waals surface area (Å²) >= 11 is 5.40. The third kappa shape index (κ3) is 3.31. The molecule has 0 saturated carbocycles. The number of para-hydroxylation sites is 1. The van der Waals surface area contributed by atoms with Crippen molar-refractivity contribution >= 4 is 44.7 Å². The Bertz CT molecular complexity index is 699. The van der Waals surface area contributed by atoms with E-state index in [-0.39, 0.29) is 11.3 Å². The first-order chi connectivity index (χ1) is 10.2. The molecule has 3 rings (SSSR count). The molecule has 2 unspecified atom stereocenters. The number of aromatic nitrogens is 1. The summed E-state index contributed by atoms with van der Waals surface area (Å²) in [5, 5.41) is 0.286. The lowest BCUT2D eigenvalue weighted by atomic mass is 10.1. The van der Waals surface area contributed by atoms with Crippen LogP contribution >= 0.6 is 34.4 Å². The van der Waals surface area contributed by atoms with E-state index < -0.39 is 0 Å². The minimum absolute atomic E-state index is 0.153. The van der Waals surface area contributed by atoms with Crippen molar-refractivity contribution in [3.8, 4) is 0 Å². The smallest absolute Gasteiger partial charge is 0.151 e. The molecule has 5 heteroatoms. The molecule has 2 aromatic heterocycles. The van der Waals surface area contributed by atoms with Gasteiger partial charge in [0.05, 0.1) is 15.5 Å². The number of benzene rings is 1. The molecule has 0 fully saturated rings. The molecule has 0 aliphatic heterocycles. The van der Waals surface area contributed by atoms with Crippen LogP contribution < -0.4 is 5.73 Å². The van der Waals surface area contributed by atoms with E-state index in [9.17, 15) is 0 Å². The first-order valence-electron chi connectivity index (χ1n) is 7.01. The Morgan fingerprint density at radius 1 is 1.19 bits per heavy atom. The molecule has 0 amide bonds. The molecule has 110 valence electrons. The third-order valence-electron chi connectivity index (χ3n) is 3.40. The van der Waals surface area contributed by atoms with Gasteiger partial charge in [-0.15, -0.1) is 22.7 Å². The highest BCUT2D eigenvalue weighted by atomic mass is 32.2. The Hall–Kier alpha value is -0.880. The molecular formula is C16H18N2S3. The number of thiophene rings is 1. The number of aryl methyl sites for hydroxylation is 1. The van der Waals surface area contributed by atoms with Crippen LogP contribution in [0.2, 0.25) is 0 Å². The number of hydrogen-bond donors (Lipinski definition) is 1. The molecule has 2 heterocycles.